The largest absolute Gasteiger partial charge is 0.353 e. The van der Waals surface area contributed by atoms with Crippen molar-refractivity contribution in [2.24, 2.45) is 0 Å². The van der Waals surface area contributed by atoms with Gasteiger partial charge in [-0.05, 0) is 31.7 Å². The van der Waals surface area contributed by atoms with Crippen molar-refractivity contribution in [1.82, 2.24) is 24.7 Å². The molecule has 0 spiro atoms. The van der Waals surface area contributed by atoms with Gasteiger partial charge in [-0.15, -0.1) is 0 Å². The SMILES string of the molecule is CCN1CCN(C(=O)CSc2nc(Cl)cc(N3CCN(C(=O)c4cccc(F)c4)C(C)C3)n2)CC1. The molecule has 188 valence electrons. The Kier molecular flexibility index (Phi) is 8.46. The van der Waals surface area contributed by atoms with Crippen LogP contribution in [0.25, 0.3) is 0 Å². The minimum absolute atomic E-state index is 0.0778. The normalized spacial score (nSPS) is 19.2. The molecule has 2 fully saturated rings. The highest BCUT2D eigenvalue weighted by Crippen LogP contribution is 2.25. The molecule has 11 heteroatoms. The summed E-state index contributed by atoms with van der Waals surface area (Å²) in [5, 5.41) is 0.770. The Morgan fingerprint density at radius 3 is 2.57 bits per heavy atom. The molecule has 1 atom stereocenters. The standard InChI is InChI=1S/C24H30ClFN6O2S/c1-3-29-7-9-30(10-8-29)22(33)16-35-24-27-20(25)14-21(28-24)31-11-12-32(17(2)15-31)23(34)18-5-4-6-19(26)13-18/h4-6,13-14,17H,3,7-12,15-16H2,1-2H3. The van der Waals surface area contributed by atoms with Crippen LogP contribution in [0.3, 0.4) is 0 Å². The van der Waals surface area contributed by atoms with E-state index >= 15 is 0 Å². The smallest absolute Gasteiger partial charge is 0.254 e. The van der Waals surface area contributed by atoms with Crippen LogP contribution in [0.5, 0.6) is 0 Å². The number of anilines is 1. The molecule has 2 saturated heterocycles. The Labute approximate surface area is 214 Å². The number of aromatic nitrogens is 2. The summed E-state index contributed by atoms with van der Waals surface area (Å²) in [7, 11) is 0. The van der Waals surface area contributed by atoms with Crippen LogP contribution < -0.4 is 4.90 Å². The maximum absolute atomic E-state index is 13.6. The molecule has 0 aliphatic carbocycles. The highest BCUT2D eigenvalue weighted by atomic mass is 35.5. The van der Waals surface area contributed by atoms with Gasteiger partial charge < -0.3 is 19.6 Å². The quantitative estimate of drug-likeness (QED) is 0.329. The fourth-order valence-electron chi connectivity index (χ4n) is 4.40. The summed E-state index contributed by atoms with van der Waals surface area (Å²) in [6, 6.07) is 7.36. The van der Waals surface area contributed by atoms with Gasteiger partial charge >= 0.3 is 0 Å². The first-order valence-corrected chi connectivity index (χ1v) is 13.2. The van der Waals surface area contributed by atoms with Crippen molar-refractivity contribution in [3.8, 4) is 0 Å². The Balaban J connectivity index is 1.35. The molecular formula is C24H30ClFN6O2S. The number of likely N-dealkylation sites (N-methyl/N-ethyl adjacent to an activating group) is 1. The second-order valence-electron chi connectivity index (χ2n) is 8.74. The summed E-state index contributed by atoms with van der Waals surface area (Å²) in [6.45, 7) is 9.96. The van der Waals surface area contributed by atoms with Crippen LogP contribution in [0.4, 0.5) is 10.2 Å². The summed E-state index contributed by atoms with van der Waals surface area (Å²) in [4.78, 5) is 42.5. The number of benzene rings is 1. The summed E-state index contributed by atoms with van der Waals surface area (Å²) < 4.78 is 13.6. The Hall–Kier alpha value is -2.43. The Bertz CT molecular complexity index is 1070. The first kappa shape index (κ1) is 25.7. The molecule has 0 N–H and O–H groups in total. The molecule has 0 radical (unpaired) electrons. The molecule has 1 unspecified atom stereocenters. The van der Waals surface area contributed by atoms with Crippen molar-refractivity contribution >= 4 is 41.0 Å². The minimum Gasteiger partial charge on any atom is -0.353 e. The van der Waals surface area contributed by atoms with E-state index in [1.807, 2.05) is 11.8 Å². The third-order valence-electron chi connectivity index (χ3n) is 6.44. The van der Waals surface area contributed by atoms with Gasteiger partial charge in [0.1, 0.15) is 16.8 Å². The molecule has 1 aromatic heterocycles. The number of thioether (sulfide) groups is 1. The van der Waals surface area contributed by atoms with E-state index in [0.29, 0.717) is 41.3 Å². The number of carbonyl (C=O) groups excluding carboxylic acids is 2. The molecule has 0 saturated carbocycles. The lowest BCUT2D eigenvalue weighted by Gasteiger charge is -2.40. The molecule has 2 aliphatic heterocycles. The highest BCUT2D eigenvalue weighted by Gasteiger charge is 2.29. The van der Waals surface area contributed by atoms with Crippen molar-refractivity contribution in [3.05, 3.63) is 46.9 Å². The van der Waals surface area contributed by atoms with Crippen LogP contribution in [-0.4, -0.2) is 101 Å². The molecule has 1 aromatic carbocycles. The van der Waals surface area contributed by atoms with Crippen molar-refractivity contribution in [2.75, 3.05) is 63.0 Å². The number of halogens is 2. The van der Waals surface area contributed by atoms with E-state index < -0.39 is 5.82 Å². The van der Waals surface area contributed by atoms with E-state index in [1.165, 1.54) is 23.9 Å². The van der Waals surface area contributed by atoms with Gasteiger partial charge in [-0.3, -0.25) is 9.59 Å². The number of hydrogen-bond acceptors (Lipinski definition) is 7. The van der Waals surface area contributed by atoms with E-state index in [2.05, 4.69) is 26.7 Å². The Morgan fingerprint density at radius 2 is 1.89 bits per heavy atom. The van der Waals surface area contributed by atoms with Crippen LogP contribution >= 0.6 is 23.4 Å². The number of piperazine rings is 2. The van der Waals surface area contributed by atoms with Crippen LogP contribution in [0.15, 0.2) is 35.5 Å². The Morgan fingerprint density at radius 1 is 1.11 bits per heavy atom. The topological polar surface area (TPSA) is 72.9 Å². The van der Waals surface area contributed by atoms with Gasteiger partial charge in [0.05, 0.1) is 5.75 Å². The lowest BCUT2D eigenvalue weighted by Crippen LogP contribution is -2.54. The summed E-state index contributed by atoms with van der Waals surface area (Å²) in [5.41, 5.74) is 0.342. The summed E-state index contributed by atoms with van der Waals surface area (Å²) in [5.74, 6) is 0.393. The summed E-state index contributed by atoms with van der Waals surface area (Å²) in [6.07, 6.45) is 0. The number of rotatable bonds is 6. The fourth-order valence-corrected chi connectivity index (χ4v) is 5.38. The predicted octanol–water partition coefficient (Wildman–Crippen LogP) is 2.88. The molecule has 35 heavy (non-hydrogen) atoms. The first-order chi connectivity index (χ1) is 16.8. The van der Waals surface area contributed by atoms with Gasteiger partial charge in [-0.25, -0.2) is 14.4 Å². The lowest BCUT2D eigenvalue weighted by molar-refractivity contribution is -0.130. The van der Waals surface area contributed by atoms with Crippen molar-refractivity contribution < 1.29 is 14.0 Å². The zero-order valence-corrected chi connectivity index (χ0v) is 21.6. The molecular weight excluding hydrogens is 491 g/mol. The molecule has 2 aromatic rings. The molecule has 4 rings (SSSR count). The first-order valence-electron chi connectivity index (χ1n) is 11.8. The van der Waals surface area contributed by atoms with Gasteiger partial charge in [0.15, 0.2) is 5.16 Å². The molecule has 2 amide bonds. The van der Waals surface area contributed by atoms with E-state index in [4.69, 9.17) is 11.6 Å². The van der Waals surface area contributed by atoms with Gasteiger partial charge in [-0.2, -0.15) is 0 Å². The number of carbonyl (C=O) groups is 2. The van der Waals surface area contributed by atoms with Gasteiger partial charge in [0.25, 0.3) is 5.91 Å². The van der Waals surface area contributed by atoms with Gasteiger partial charge in [-0.1, -0.05) is 36.4 Å². The number of hydrogen-bond donors (Lipinski definition) is 0. The third kappa shape index (κ3) is 6.42. The average molecular weight is 521 g/mol. The second-order valence-corrected chi connectivity index (χ2v) is 10.1. The molecule has 0 bridgehead atoms. The predicted molar refractivity (Wildman–Crippen MR) is 136 cm³/mol. The number of nitrogens with zero attached hydrogens (tertiary/aromatic N) is 6. The van der Waals surface area contributed by atoms with Crippen LogP contribution in [-0.2, 0) is 4.79 Å². The zero-order valence-electron chi connectivity index (χ0n) is 20.0. The van der Waals surface area contributed by atoms with Crippen molar-refractivity contribution in [3.63, 3.8) is 0 Å². The lowest BCUT2D eigenvalue weighted by atomic mass is 10.1. The fraction of sp³-hybridized carbons (Fsp3) is 0.500. The second kappa shape index (κ2) is 11.5. The summed E-state index contributed by atoms with van der Waals surface area (Å²) >= 11 is 7.57. The van der Waals surface area contributed by atoms with E-state index in [0.717, 1.165) is 32.7 Å². The molecule has 8 nitrogen and oxygen atoms in total. The van der Waals surface area contributed by atoms with Crippen LogP contribution in [0.2, 0.25) is 5.15 Å². The van der Waals surface area contributed by atoms with Crippen LogP contribution in [0, 0.1) is 5.82 Å². The van der Waals surface area contributed by atoms with Gasteiger partial charge in [0, 0.05) is 63.5 Å². The van der Waals surface area contributed by atoms with Crippen LogP contribution in [0.1, 0.15) is 24.2 Å². The zero-order chi connectivity index (χ0) is 24.9. The maximum Gasteiger partial charge on any atom is 0.254 e. The highest BCUT2D eigenvalue weighted by molar-refractivity contribution is 7.99. The third-order valence-corrected chi connectivity index (χ3v) is 7.47. The maximum atomic E-state index is 13.6. The minimum atomic E-state index is -0.426. The number of amides is 2. The van der Waals surface area contributed by atoms with E-state index in [1.54, 1.807) is 23.1 Å². The van der Waals surface area contributed by atoms with E-state index in [9.17, 15) is 14.0 Å². The monoisotopic (exact) mass is 520 g/mol. The van der Waals surface area contributed by atoms with E-state index in [-0.39, 0.29) is 23.6 Å². The van der Waals surface area contributed by atoms with Crippen molar-refractivity contribution in [1.29, 1.82) is 0 Å². The molecule has 3 heterocycles. The van der Waals surface area contributed by atoms with Crippen molar-refractivity contribution in [2.45, 2.75) is 25.0 Å². The molecule has 2 aliphatic rings. The average Bonchev–Trinajstić information content (AvgIpc) is 2.86. The van der Waals surface area contributed by atoms with Gasteiger partial charge in [0.2, 0.25) is 5.91 Å².